The monoisotopic (exact) mass is 382 g/mol. The molecule has 2 rings (SSSR count). The summed E-state index contributed by atoms with van der Waals surface area (Å²) in [5.74, 6) is 0.360. The van der Waals surface area contributed by atoms with Crippen LogP contribution in [0.3, 0.4) is 0 Å². The van der Waals surface area contributed by atoms with Gasteiger partial charge in [-0.2, -0.15) is 8.42 Å². The van der Waals surface area contributed by atoms with Crippen molar-refractivity contribution in [3.8, 4) is 5.75 Å². The zero-order chi connectivity index (χ0) is 16.2. The lowest BCUT2D eigenvalue weighted by Gasteiger charge is -2.09. The number of Topliss-reactive ketones (excluding diaryl/α,β-unsaturated/α-hetero) is 1. The molecule has 2 aromatic carbocycles. The van der Waals surface area contributed by atoms with Crippen molar-refractivity contribution in [1.82, 2.24) is 0 Å². The predicted octanol–water partition coefficient (Wildman–Crippen LogP) is 3.74. The number of rotatable bonds is 6. The van der Waals surface area contributed by atoms with Crippen LogP contribution in [0.25, 0.3) is 0 Å². The Hall–Kier alpha value is -1.66. The van der Waals surface area contributed by atoms with Crippen LogP contribution in [0.4, 0.5) is 0 Å². The van der Waals surface area contributed by atoms with Crippen LogP contribution in [-0.4, -0.2) is 14.2 Å². The third kappa shape index (κ3) is 4.42. The van der Waals surface area contributed by atoms with E-state index >= 15 is 0 Å². The fourth-order valence-electron chi connectivity index (χ4n) is 1.85. The minimum Gasteiger partial charge on any atom is -0.379 e. The Morgan fingerprint density at radius 2 is 1.73 bits per heavy atom. The number of carbonyl (C=O) groups excluding carboxylic acids is 1. The molecule has 0 bridgehead atoms. The Morgan fingerprint density at radius 1 is 1.09 bits per heavy atom. The van der Waals surface area contributed by atoms with Crippen LogP contribution in [0, 0.1) is 0 Å². The summed E-state index contributed by atoms with van der Waals surface area (Å²) in [6, 6.07) is 13.2. The lowest BCUT2D eigenvalue weighted by atomic mass is 10.1. The van der Waals surface area contributed by atoms with Crippen LogP contribution in [-0.2, 0) is 21.3 Å². The number of halogens is 1. The maximum Gasteiger partial charge on any atom is 0.340 e. The zero-order valence-electron chi connectivity index (χ0n) is 12.0. The van der Waals surface area contributed by atoms with E-state index in [9.17, 15) is 13.2 Å². The van der Waals surface area contributed by atoms with Crippen LogP contribution in [0.2, 0.25) is 0 Å². The molecule has 116 valence electrons. The highest BCUT2D eigenvalue weighted by Gasteiger charge is 2.19. The van der Waals surface area contributed by atoms with E-state index in [-0.39, 0.29) is 16.4 Å². The Kier molecular flexibility index (Phi) is 5.37. The second-order valence-corrected chi connectivity index (χ2v) is 7.18. The minimum atomic E-state index is -3.88. The van der Waals surface area contributed by atoms with Crippen molar-refractivity contribution in [2.45, 2.75) is 24.7 Å². The third-order valence-electron chi connectivity index (χ3n) is 3.00. The molecular formula is C16H15BrO4S. The normalized spacial score (nSPS) is 11.2. The molecule has 0 amide bonds. The molecule has 0 spiro atoms. The van der Waals surface area contributed by atoms with Gasteiger partial charge in [0, 0.05) is 10.9 Å². The second-order valence-electron chi connectivity index (χ2n) is 4.81. The molecule has 4 nitrogen and oxygen atoms in total. The van der Waals surface area contributed by atoms with E-state index < -0.39 is 10.1 Å². The Bertz CT molecular complexity index is 767. The second kappa shape index (κ2) is 7.07. The maximum absolute atomic E-state index is 12.2. The summed E-state index contributed by atoms with van der Waals surface area (Å²) >= 11 is 3.20. The van der Waals surface area contributed by atoms with E-state index in [1.807, 2.05) is 0 Å². The van der Waals surface area contributed by atoms with E-state index in [0.29, 0.717) is 17.3 Å². The molecule has 0 saturated carbocycles. The molecule has 0 atom stereocenters. The van der Waals surface area contributed by atoms with Crippen molar-refractivity contribution in [1.29, 1.82) is 0 Å². The lowest BCUT2D eigenvalue weighted by molar-refractivity contribution is -0.116. The Morgan fingerprint density at radius 3 is 2.32 bits per heavy atom. The zero-order valence-corrected chi connectivity index (χ0v) is 14.4. The number of hydrogen-bond donors (Lipinski definition) is 0. The Labute approximate surface area is 138 Å². The van der Waals surface area contributed by atoms with Crippen molar-refractivity contribution in [3.63, 3.8) is 0 Å². The van der Waals surface area contributed by atoms with Crippen LogP contribution < -0.4 is 4.18 Å². The topological polar surface area (TPSA) is 60.4 Å². The highest BCUT2D eigenvalue weighted by Crippen LogP contribution is 2.25. The van der Waals surface area contributed by atoms with Crippen LogP contribution in [0.15, 0.2) is 57.9 Å². The molecule has 0 N–H and O–H groups in total. The first-order chi connectivity index (χ1) is 10.4. The third-order valence-corrected chi connectivity index (χ3v) is 5.26. The number of aryl methyl sites for hydroxylation is 1. The molecular weight excluding hydrogens is 368 g/mol. The molecule has 0 aromatic heterocycles. The van der Waals surface area contributed by atoms with E-state index in [1.165, 1.54) is 6.07 Å². The van der Waals surface area contributed by atoms with Crippen molar-refractivity contribution >= 4 is 31.8 Å². The number of ketones is 1. The van der Waals surface area contributed by atoms with Gasteiger partial charge in [0.15, 0.2) is 0 Å². The molecule has 6 heteroatoms. The maximum atomic E-state index is 12.2. The summed E-state index contributed by atoms with van der Waals surface area (Å²) in [6.45, 7) is 1.54. The van der Waals surface area contributed by atoms with Gasteiger partial charge in [-0.3, -0.25) is 0 Å². The van der Waals surface area contributed by atoms with Crippen molar-refractivity contribution in [3.05, 3.63) is 58.6 Å². The van der Waals surface area contributed by atoms with E-state index in [0.717, 1.165) is 5.56 Å². The van der Waals surface area contributed by atoms with Crippen molar-refractivity contribution < 1.29 is 17.4 Å². The number of hydrogen-bond acceptors (Lipinski definition) is 4. The standard InChI is InChI=1S/C16H15BrO4S/c1-12(18)6-7-13-8-10-14(11-9-13)21-22(19,20)16-5-3-2-4-15(16)17/h2-5,8-11H,6-7H2,1H3. The smallest absolute Gasteiger partial charge is 0.340 e. The van der Waals surface area contributed by atoms with Gasteiger partial charge in [-0.15, -0.1) is 0 Å². The largest absolute Gasteiger partial charge is 0.379 e. The van der Waals surface area contributed by atoms with Gasteiger partial charge in [-0.25, -0.2) is 0 Å². The van der Waals surface area contributed by atoms with Gasteiger partial charge < -0.3 is 8.98 Å². The molecule has 0 aliphatic heterocycles. The molecule has 0 heterocycles. The van der Waals surface area contributed by atoms with Crippen LogP contribution in [0.1, 0.15) is 18.9 Å². The summed E-state index contributed by atoms with van der Waals surface area (Å²) in [5, 5.41) is 0. The van der Waals surface area contributed by atoms with Crippen molar-refractivity contribution in [2.24, 2.45) is 0 Å². The van der Waals surface area contributed by atoms with Gasteiger partial charge in [0.05, 0.1) is 0 Å². The molecule has 0 fully saturated rings. The minimum absolute atomic E-state index is 0.0793. The number of benzene rings is 2. The summed E-state index contributed by atoms with van der Waals surface area (Å²) in [4.78, 5) is 11.0. The fraction of sp³-hybridized carbons (Fsp3) is 0.188. The summed E-state index contributed by atoms with van der Waals surface area (Å²) in [6.07, 6.45) is 1.10. The van der Waals surface area contributed by atoms with E-state index in [1.54, 1.807) is 49.4 Å². The first-order valence-corrected chi connectivity index (χ1v) is 8.86. The first-order valence-electron chi connectivity index (χ1n) is 6.66. The molecule has 0 aliphatic rings. The number of carbonyl (C=O) groups is 1. The summed E-state index contributed by atoms with van der Waals surface area (Å²) < 4.78 is 30.0. The molecule has 2 aromatic rings. The van der Waals surface area contributed by atoms with Gasteiger partial charge in [0.1, 0.15) is 16.4 Å². The lowest BCUT2D eigenvalue weighted by Crippen LogP contribution is -2.10. The Balaban J connectivity index is 2.13. The highest BCUT2D eigenvalue weighted by atomic mass is 79.9. The van der Waals surface area contributed by atoms with Gasteiger partial charge in [-0.1, -0.05) is 24.3 Å². The SMILES string of the molecule is CC(=O)CCc1ccc(OS(=O)(=O)c2ccccc2Br)cc1. The summed E-state index contributed by atoms with van der Waals surface area (Å²) in [5.41, 5.74) is 0.959. The van der Waals surface area contributed by atoms with Gasteiger partial charge >= 0.3 is 10.1 Å². The highest BCUT2D eigenvalue weighted by molar-refractivity contribution is 9.10. The molecule has 22 heavy (non-hydrogen) atoms. The van der Waals surface area contributed by atoms with E-state index in [4.69, 9.17) is 4.18 Å². The van der Waals surface area contributed by atoms with Gasteiger partial charge in [0.25, 0.3) is 0 Å². The molecule has 0 radical (unpaired) electrons. The molecule has 0 saturated heterocycles. The first kappa shape index (κ1) is 16.7. The average molecular weight is 383 g/mol. The predicted molar refractivity (Wildman–Crippen MR) is 87.4 cm³/mol. The van der Waals surface area contributed by atoms with Crippen molar-refractivity contribution in [2.75, 3.05) is 0 Å². The van der Waals surface area contributed by atoms with Gasteiger partial charge in [-0.05, 0) is 59.1 Å². The average Bonchev–Trinajstić information content (AvgIpc) is 2.46. The van der Waals surface area contributed by atoms with Crippen LogP contribution in [0.5, 0.6) is 5.75 Å². The fourth-order valence-corrected chi connectivity index (χ4v) is 3.74. The molecule has 0 aliphatic carbocycles. The van der Waals surface area contributed by atoms with Crippen LogP contribution >= 0.6 is 15.9 Å². The van der Waals surface area contributed by atoms with E-state index in [2.05, 4.69) is 15.9 Å². The summed E-state index contributed by atoms with van der Waals surface area (Å²) in [7, 11) is -3.88. The quantitative estimate of drug-likeness (QED) is 0.713. The molecule has 0 unspecified atom stereocenters. The van der Waals surface area contributed by atoms with Gasteiger partial charge in [0.2, 0.25) is 0 Å².